The lowest BCUT2D eigenvalue weighted by Crippen LogP contribution is -2.38. The summed E-state index contributed by atoms with van der Waals surface area (Å²) in [5.41, 5.74) is 5.72. The summed E-state index contributed by atoms with van der Waals surface area (Å²) in [6.45, 7) is 1.10. The summed E-state index contributed by atoms with van der Waals surface area (Å²) in [6.07, 6.45) is 3.03. The molecule has 6 heteroatoms. The van der Waals surface area contributed by atoms with Crippen molar-refractivity contribution in [2.24, 2.45) is 16.6 Å². The van der Waals surface area contributed by atoms with E-state index in [1.165, 1.54) is 43.5 Å². The molecule has 0 radical (unpaired) electrons. The van der Waals surface area contributed by atoms with E-state index in [1.54, 1.807) is 0 Å². The van der Waals surface area contributed by atoms with Gasteiger partial charge in [-0.25, -0.2) is 4.39 Å². The molecule has 1 saturated carbocycles. The van der Waals surface area contributed by atoms with Crippen LogP contribution >= 0.6 is 0 Å². The average molecular weight is 295 g/mol. The van der Waals surface area contributed by atoms with Crippen molar-refractivity contribution in [3.05, 3.63) is 30.1 Å². The summed E-state index contributed by atoms with van der Waals surface area (Å²) >= 11 is 0. The zero-order chi connectivity index (χ0) is 15.1. The van der Waals surface area contributed by atoms with E-state index < -0.39 is 6.10 Å². The van der Waals surface area contributed by atoms with E-state index >= 15 is 0 Å². The molecule has 5 nitrogen and oxygen atoms in total. The summed E-state index contributed by atoms with van der Waals surface area (Å²) in [6, 6.07) is 5.64. The van der Waals surface area contributed by atoms with E-state index in [2.05, 4.69) is 10.3 Å². The topological polar surface area (TPSA) is 79.9 Å². The van der Waals surface area contributed by atoms with Crippen LogP contribution in [0.25, 0.3) is 0 Å². The fraction of sp³-hybridized carbons (Fsp3) is 0.533. The van der Waals surface area contributed by atoms with Crippen LogP contribution in [0.3, 0.4) is 0 Å². The van der Waals surface area contributed by atoms with Crippen molar-refractivity contribution < 1.29 is 14.2 Å². The molecule has 0 bridgehead atoms. The van der Waals surface area contributed by atoms with Gasteiger partial charge in [-0.15, -0.1) is 0 Å². The minimum atomic E-state index is -0.751. The minimum absolute atomic E-state index is 0.0883. The maximum absolute atomic E-state index is 12.7. The summed E-state index contributed by atoms with van der Waals surface area (Å²) in [7, 11) is 0. The Balaban J connectivity index is 1.63. The number of hydrogen-bond acceptors (Lipinski definition) is 3. The highest BCUT2D eigenvalue weighted by molar-refractivity contribution is 5.77. The predicted octanol–water partition coefficient (Wildman–Crippen LogP) is 1.27. The van der Waals surface area contributed by atoms with Crippen LogP contribution in [0.15, 0.2) is 29.3 Å². The number of ether oxygens (including phenoxy) is 1. The fourth-order valence-corrected chi connectivity index (χ4v) is 1.98. The van der Waals surface area contributed by atoms with Crippen LogP contribution in [0.4, 0.5) is 4.39 Å². The van der Waals surface area contributed by atoms with Crippen LogP contribution in [-0.4, -0.2) is 36.9 Å². The van der Waals surface area contributed by atoms with Crippen molar-refractivity contribution in [1.29, 1.82) is 0 Å². The Hall–Kier alpha value is -1.82. The standard InChI is InChI=1S/C15H22FN3O2/c16-12-4-6-14(7-5-12)21-10-13(20)9-19-15(17)18-8-11-2-1-3-11/h4-7,11,13,20H,1-3,8-10H2,(H3,17,18,19). The zero-order valence-electron chi connectivity index (χ0n) is 12.0. The van der Waals surface area contributed by atoms with Gasteiger partial charge in [0.2, 0.25) is 0 Å². The molecule has 1 aromatic rings. The molecule has 0 amide bonds. The van der Waals surface area contributed by atoms with E-state index in [9.17, 15) is 9.50 Å². The molecule has 0 saturated heterocycles. The highest BCUT2D eigenvalue weighted by Gasteiger charge is 2.16. The minimum Gasteiger partial charge on any atom is -0.491 e. The van der Waals surface area contributed by atoms with Gasteiger partial charge < -0.3 is 20.9 Å². The summed E-state index contributed by atoms with van der Waals surface area (Å²) < 4.78 is 18.0. The summed E-state index contributed by atoms with van der Waals surface area (Å²) in [5.74, 6) is 1.24. The number of benzene rings is 1. The molecule has 116 valence electrons. The molecule has 4 N–H and O–H groups in total. The van der Waals surface area contributed by atoms with Crippen LogP contribution in [0, 0.1) is 11.7 Å². The highest BCUT2D eigenvalue weighted by atomic mass is 19.1. The van der Waals surface area contributed by atoms with Gasteiger partial charge in [0.15, 0.2) is 5.96 Å². The van der Waals surface area contributed by atoms with E-state index in [-0.39, 0.29) is 19.0 Å². The fourth-order valence-electron chi connectivity index (χ4n) is 1.98. The maximum atomic E-state index is 12.7. The molecule has 0 heterocycles. The number of nitrogens with two attached hydrogens (primary N) is 1. The number of aliphatic hydroxyl groups excluding tert-OH is 1. The molecule has 0 aliphatic heterocycles. The smallest absolute Gasteiger partial charge is 0.188 e. The van der Waals surface area contributed by atoms with Gasteiger partial charge in [0.1, 0.15) is 24.3 Å². The number of aliphatic imine (C=N–C) groups is 1. The Bertz CT molecular complexity index is 460. The average Bonchev–Trinajstić information content (AvgIpc) is 2.43. The Morgan fingerprint density at radius 2 is 2.14 bits per heavy atom. The second-order valence-electron chi connectivity index (χ2n) is 5.32. The third-order valence-electron chi connectivity index (χ3n) is 3.53. The largest absolute Gasteiger partial charge is 0.491 e. The second kappa shape index (κ2) is 7.83. The first-order chi connectivity index (χ1) is 10.1. The quantitative estimate of drug-likeness (QED) is 0.523. The Morgan fingerprint density at radius 1 is 1.43 bits per heavy atom. The third kappa shape index (κ3) is 5.59. The Kier molecular flexibility index (Phi) is 5.80. The normalized spacial score (nSPS) is 17.1. The van der Waals surface area contributed by atoms with Crippen LogP contribution in [-0.2, 0) is 0 Å². The molecule has 1 aliphatic rings. The number of rotatable bonds is 7. The molecule has 0 aromatic heterocycles. The molecule has 1 atom stereocenters. The third-order valence-corrected chi connectivity index (χ3v) is 3.53. The molecule has 2 rings (SSSR count). The first-order valence-electron chi connectivity index (χ1n) is 7.23. The van der Waals surface area contributed by atoms with Gasteiger partial charge >= 0.3 is 0 Å². The van der Waals surface area contributed by atoms with E-state index in [0.29, 0.717) is 17.6 Å². The SMILES string of the molecule is NC(=NCC(O)COc1ccc(F)cc1)NCC1CCC1. The molecule has 1 unspecified atom stereocenters. The van der Waals surface area contributed by atoms with Gasteiger partial charge in [-0.3, -0.25) is 4.99 Å². The van der Waals surface area contributed by atoms with Crippen molar-refractivity contribution in [3.8, 4) is 5.75 Å². The first-order valence-corrected chi connectivity index (χ1v) is 7.23. The highest BCUT2D eigenvalue weighted by Crippen LogP contribution is 2.24. The summed E-state index contributed by atoms with van der Waals surface area (Å²) in [5, 5.41) is 12.8. The molecule has 21 heavy (non-hydrogen) atoms. The van der Waals surface area contributed by atoms with Gasteiger partial charge in [-0.05, 0) is 43.0 Å². The van der Waals surface area contributed by atoms with Crippen LogP contribution < -0.4 is 15.8 Å². The number of nitrogens with zero attached hydrogens (tertiary/aromatic N) is 1. The van der Waals surface area contributed by atoms with Gasteiger partial charge in [0.05, 0.1) is 6.54 Å². The molecule has 0 spiro atoms. The van der Waals surface area contributed by atoms with Gasteiger partial charge in [-0.1, -0.05) is 6.42 Å². The van der Waals surface area contributed by atoms with Gasteiger partial charge in [0, 0.05) is 6.54 Å². The molecule has 1 fully saturated rings. The van der Waals surface area contributed by atoms with Crippen molar-refractivity contribution in [3.63, 3.8) is 0 Å². The van der Waals surface area contributed by atoms with Crippen LogP contribution in [0.1, 0.15) is 19.3 Å². The van der Waals surface area contributed by atoms with E-state index in [1.807, 2.05) is 0 Å². The summed E-state index contributed by atoms with van der Waals surface area (Å²) in [4.78, 5) is 4.07. The second-order valence-corrected chi connectivity index (χ2v) is 5.32. The zero-order valence-corrected chi connectivity index (χ0v) is 12.0. The molecular formula is C15H22FN3O2. The Labute approximate surface area is 124 Å². The predicted molar refractivity (Wildman–Crippen MR) is 79.7 cm³/mol. The van der Waals surface area contributed by atoms with Gasteiger partial charge in [-0.2, -0.15) is 0 Å². The number of nitrogens with one attached hydrogen (secondary N) is 1. The first kappa shape index (κ1) is 15.6. The number of aliphatic hydroxyl groups is 1. The van der Waals surface area contributed by atoms with Gasteiger partial charge in [0.25, 0.3) is 0 Å². The van der Waals surface area contributed by atoms with Crippen molar-refractivity contribution >= 4 is 5.96 Å². The number of hydrogen-bond donors (Lipinski definition) is 3. The Morgan fingerprint density at radius 3 is 2.76 bits per heavy atom. The number of halogens is 1. The van der Waals surface area contributed by atoms with Crippen molar-refractivity contribution in [1.82, 2.24) is 5.32 Å². The van der Waals surface area contributed by atoms with E-state index in [0.717, 1.165) is 6.54 Å². The molecular weight excluding hydrogens is 273 g/mol. The lowest BCUT2D eigenvalue weighted by molar-refractivity contribution is 0.114. The monoisotopic (exact) mass is 295 g/mol. The van der Waals surface area contributed by atoms with Crippen LogP contribution in [0.2, 0.25) is 0 Å². The lowest BCUT2D eigenvalue weighted by atomic mass is 9.85. The van der Waals surface area contributed by atoms with E-state index in [4.69, 9.17) is 10.5 Å². The molecule has 1 aromatic carbocycles. The molecule has 1 aliphatic carbocycles. The van der Waals surface area contributed by atoms with Crippen molar-refractivity contribution in [2.45, 2.75) is 25.4 Å². The lowest BCUT2D eigenvalue weighted by Gasteiger charge is -2.25. The van der Waals surface area contributed by atoms with Crippen molar-refractivity contribution in [2.75, 3.05) is 19.7 Å². The number of guanidine groups is 1. The maximum Gasteiger partial charge on any atom is 0.188 e. The van der Waals surface area contributed by atoms with Crippen LogP contribution in [0.5, 0.6) is 5.75 Å².